The average Bonchev–Trinajstić information content (AvgIpc) is 1.96. The minimum atomic E-state index is -1.21. The van der Waals surface area contributed by atoms with Crippen LogP contribution in [0.4, 0.5) is 0 Å². The highest BCUT2D eigenvalue weighted by Crippen LogP contribution is 2.13. The van der Waals surface area contributed by atoms with E-state index in [0.717, 1.165) is 17.3 Å². The molecule has 0 spiro atoms. The lowest BCUT2D eigenvalue weighted by molar-refractivity contribution is -0.849. The van der Waals surface area contributed by atoms with Gasteiger partial charge in [0.25, 0.3) is 0 Å². The fraction of sp³-hybridized carbons (Fsp3) is 1.00. The Balaban J connectivity index is 0. The van der Waals surface area contributed by atoms with Crippen LogP contribution in [0.3, 0.4) is 0 Å². The number of nitrogens with two attached hydrogens (primary N) is 4. The second-order valence-electron chi connectivity index (χ2n) is 6.20. The van der Waals surface area contributed by atoms with Crippen LogP contribution in [0, 0.1) is 0 Å². The van der Waals surface area contributed by atoms with Gasteiger partial charge in [0, 0.05) is 12.8 Å². The molecule has 0 aromatic carbocycles. The van der Waals surface area contributed by atoms with Crippen LogP contribution in [-0.4, -0.2) is 44.4 Å². The largest absolute Gasteiger partial charge is 0.333 e. The molecule has 0 aliphatic carbocycles. The molecule has 8 N–H and O–H groups in total. The summed E-state index contributed by atoms with van der Waals surface area (Å²) in [6, 6.07) is 0. The van der Waals surface area contributed by atoms with Crippen LogP contribution in [0.5, 0.6) is 0 Å². The van der Waals surface area contributed by atoms with Gasteiger partial charge in [-0.2, -0.15) is 0 Å². The van der Waals surface area contributed by atoms with Crippen molar-refractivity contribution in [3.63, 3.8) is 0 Å². The summed E-state index contributed by atoms with van der Waals surface area (Å²) >= 11 is 0. The Morgan fingerprint density at radius 2 is 1.00 bits per heavy atom. The molecule has 0 aliphatic rings. The quantitative estimate of drug-likeness (QED) is 0.400. The molecule has 18 heavy (non-hydrogen) atoms. The molecule has 0 fully saturated rings. The molecule has 0 aliphatic heterocycles. The Morgan fingerprint density at radius 3 is 1.17 bits per heavy atom. The Bertz CT molecular complexity index is 189. The predicted molar refractivity (Wildman–Crippen MR) is 77.1 cm³/mol. The topological polar surface area (TPSA) is 113 Å². The lowest BCUT2D eigenvalue weighted by Crippen LogP contribution is -2.64. The summed E-state index contributed by atoms with van der Waals surface area (Å²) in [6.45, 7) is 3.93. The molecule has 0 bridgehead atoms. The van der Waals surface area contributed by atoms with E-state index >= 15 is 0 Å². The number of rotatable bonds is 6. The third-order valence-electron chi connectivity index (χ3n) is 1.66. The third kappa shape index (κ3) is 18.1. The third-order valence-corrected chi connectivity index (χ3v) is 1.66. The first-order valence-electron chi connectivity index (χ1n) is 6.47. The Hall–Kier alpha value is -0.240. The van der Waals surface area contributed by atoms with E-state index in [1.807, 2.05) is 13.8 Å². The standard InChI is InChI=1S/C8H22N4O.C4H12N/c1-3-5-7(9,10)13-8(11,12)6-4-2;1-5(2,3)4/h3-6,9-12H2,1-2H3;1-4H3/q;+1. The summed E-state index contributed by atoms with van der Waals surface area (Å²) < 4.78 is 6.22. The first-order chi connectivity index (χ1) is 7.83. The zero-order valence-corrected chi connectivity index (χ0v) is 13.0. The number of nitrogens with zero attached hydrogens (tertiary/aromatic N) is 1. The van der Waals surface area contributed by atoms with Crippen LogP contribution >= 0.6 is 0 Å². The van der Waals surface area contributed by atoms with Crippen molar-refractivity contribution in [2.75, 3.05) is 28.2 Å². The fourth-order valence-electron chi connectivity index (χ4n) is 1.24. The molecule has 0 unspecified atom stereocenters. The van der Waals surface area contributed by atoms with Crippen LogP contribution in [0.2, 0.25) is 0 Å². The van der Waals surface area contributed by atoms with Gasteiger partial charge in [0.15, 0.2) is 11.7 Å². The van der Waals surface area contributed by atoms with Crippen molar-refractivity contribution in [2.45, 2.75) is 51.2 Å². The van der Waals surface area contributed by atoms with Crippen molar-refractivity contribution in [2.24, 2.45) is 22.9 Å². The minimum absolute atomic E-state index is 0.535. The first-order valence-corrected chi connectivity index (χ1v) is 6.47. The summed E-state index contributed by atoms with van der Waals surface area (Å²) in [4.78, 5) is 0. The Kier molecular flexibility index (Phi) is 8.97. The maximum Gasteiger partial charge on any atom is 0.173 e. The summed E-state index contributed by atoms with van der Waals surface area (Å²) in [5.41, 5.74) is 22.6. The van der Waals surface area contributed by atoms with Crippen molar-refractivity contribution in [1.29, 1.82) is 0 Å². The van der Waals surface area contributed by atoms with Crippen LogP contribution in [0.1, 0.15) is 39.5 Å². The van der Waals surface area contributed by atoms with Crippen LogP contribution < -0.4 is 22.9 Å². The number of hydrogen-bond donors (Lipinski definition) is 4. The summed E-state index contributed by atoms with van der Waals surface area (Å²) in [5, 5.41) is 0. The van der Waals surface area contributed by atoms with Crippen molar-refractivity contribution >= 4 is 0 Å². The molecule has 6 heteroatoms. The zero-order chi connectivity index (χ0) is 15.0. The molecule has 0 aromatic rings. The normalized spacial score (nSPS) is 13.0. The monoisotopic (exact) mass is 264 g/mol. The second kappa shape index (κ2) is 8.04. The molecule has 0 saturated carbocycles. The maximum absolute atomic E-state index is 5.64. The Morgan fingerprint density at radius 1 is 0.778 bits per heavy atom. The van der Waals surface area contributed by atoms with Crippen molar-refractivity contribution in [3.8, 4) is 0 Å². The van der Waals surface area contributed by atoms with Gasteiger partial charge < -0.3 is 9.22 Å². The van der Waals surface area contributed by atoms with Gasteiger partial charge in [-0.15, -0.1) is 0 Å². The molecule has 0 aromatic heterocycles. The number of ether oxygens (including phenoxy) is 1. The minimum Gasteiger partial charge on any atom is -0.333 e. The van der Waals surface area contributed by atoms with Crippen LogP contribution in [-0.2, 0) is 4.74 Å². The van der Waals surface area contributed by atoms with E-state index < -0.39 is 11.7 Å². The van der Waals surface area contributed by atoms with E-state index in [1.165, 1.54) is 0 Å². The van der Waals surface area contributed by atoms with Crippen LogP contribution in [0.25, 0.3) is 0 Å². The van der Waals surface area contributed by atoms with E-state index in [9.17, 15) is 0 Å². The van der Waals surface area contributed by atoms with Gasteiger partial charge in [0.2, 0.25) is 0 Å². The SMILES string of the molecule is CCCC(N)(N)OC(N)(N)CCC.C[N+](C)(C)C. The van der Waals surface area contributed by atoms with E-state index in [4.69, 9.17) is 27.7 Å². The molecule has 6 nitrogen and oxygen atoms in total. The first kappa shape index (κ1) is 20.1. The molecule has 0 atom stereocenters. The lowest BCUT2D eigenvalue weighted by Gasteiger charge is -2.34. The van der Waals surface area contributed by atoms with E-state index in [0.29, 0.717) is 12.8 Å². The highest BCUT2D eigenvalue weighted by atomic mass is 16.6. The number of quaternary nitrogens is 1. The van der Waals surface area contributed by atoms with E-state index in [1.54, 1.807) is 0 Å². The molecular formula is C12H34N5O+. The summed E-state index contributed by atoms with van der Waals surface area (Å²) in [5.74, 6) is -2.43. The second-order valence-corrected chi connectivity index (χ2v) is 6.20. The van der Waals surface area contributed by atoms with Gasteiger partial charge in [-0.05, 0) is 0 Å². The molecule has 0 rings (SSSR count). The van der Waals surface area contributed by atoms with E-state index in [2.05, 4.69) is 28.2 Å². The molecule has 0 amide bonds. The van der Waals surface area contributed by atoms with E-state index in [-0.39, 0.29) is 0 Å². The van der Waals surface area contributed by atoms with Crippen LogP contribution in [0.15, 0.2) is 0 Å². The summed E-state index contributed by atoms with van der Waals surface area (Å²) in [7, 11) is 8.50. The van der Waals surface area contributed by atoms with Gasteiger partial charge in [-0.3, -0.25) is 22.9 Å². The molecule has 0 heterocycles. The van der Waals surface area contributed by atoms with Gasteiger partial charge >= 0.3 is 0 Å². The molecular weight excluding hydrogens is 230 g/mol. The number of hydrogen-bond acceptors (Lipinski definition) is 5. The molecule has 0 saturated heterocycles. The molecule has 112 valence electrons. The predicted octanol–water partition coefficient (Wildman–Crippen LogP) is 0.0680. The van der Waals surface area contributed by atoms with Gasteiger partial charge in [-0.25, -0.2) is 0 Å². The highest BCUT2D eigenvalue weighted by Gasteiger charge is 2.29. The fourth-order valence-corrected chi connectivity index (χ4v) is 1.24. The Labute approximate surface area is 112 Å². The molecule has 0 radical (unpaired) electrons. The highest BCUT2D eigenvalue weighted by molar-refractivity contribution is 4.72. The van der Waals surface area contributed by atoms with Crippen molar-refractivity contribution < 1.29 is 9.22 Å². The average molecular weight is 264 g/mol. The maximum atomic E-state index is 5.64. The van der Waals surface area contributed by atoms with Crippen molar-refractivity contribution in [1.82, 2.24) is 0 Å². The van der Waals surface area contributed by atoms with Gasteiger partial charge in [0.1, 0.15) is 0 Å². The smallest absolute Gasteiger partial charge is 0.173 e. The van der Waals surface area contributed by atoms with Gasteiger partial charge in [0.05, 0.1) is 28.2 Å². The van der Waals surface area contributed by atoms with Crippen molar-refractivity contribution in [3.05, 3.63) is 0 Å². The lowest BCUT2D eigenvalue weighted by atomic mass is 10.2. The summed E-state index contributed by atoms with van der Waals surface area (Å²) in [6.07, 6.45) is 2.73. The van der Waals surface area contributed by atoms with Gasteiger partial charge in [-0.1, -0.05) is 26.7 Å². The zero-order valence-electron chi connectivity index (χ0n) is 13.0.